The number of likely N-dealkylation sites (tertiary alicyclic amines) is 1. The molecule has 1 aromatic carbocycles. The van der Waals surface area contributed by atoms with Gasteiger partial charge in [0.25, 0.3) is 0 Å². The van der Waals surface area contributed by atoms with Crippen molar-refractivity contribution in [3.8, 4) is 0 Å². The molecule has 0 amide bonds. The number of nitrogens with zero attached hydrogens (tertiary/aromatic N) is 1. The number of hydrogen-bond donors (Lipinski definition) is 1. The first-order valence-corrected chi connectivity index (χ1v) is 6.74. The first-order valence-electron chi connectivity index (χ1n) is 6.74. The van der Waals surface area contributed by atoms with Crippen LogP contribution in [0.2, 0.25) is 0 Å². The average Bonchev–Trinajstić information content (AvgIpc) is 3.09. The van der Waals surface area contributed by atoms with Gasteiger partial charge in [-0.1, -0.05) is 12.1 Å². The monoisotopic (exact) mass is 249 g/mol. The molecular weight excluding hydrogens is 229 g/mol. The molecule has 0 bridgehead atoms. The van der Waals surface area contributed by atoms with E-state index < -0.39 is 5.60 Å². The summed E-state index contributed by atoms with van der Waals surface area (Å²) in [4.78, 5) is 2.37. The average molecular weight is 249 g/mol. The molecule has 18 heavy (non-hydrogen) atoms. The van der Waals surface area contributed by atoms with Crippen molar-refractivity contribution in [1.29, 1.82) is 0 Å². The van der Waals surface area contributed by atoms with Crippen LogP contribution in [0.1, 0.15) is 37.3 Å². The summed E-state index contributed by atoms with van der Waals surface area (Å²) in [6.07, 6.45) is 3.18. The van der Waals surface area contributed by atoms with Gasteiger partial charge in [-0.05, 0) is 50.3 Å². The van der Waals surface area contributed by atoms with E-state index in [-0.39, 0.29) is 5.82 Å². The van der Waals surface area contributed by atoms with Gasteiger partial charge in [0.15, 0.2) is 0 Å². The molecule has 2 unspecified atom stereocenters. The van der Waals surface area contributed by atoms with Crippen molar-refractivity contribution in [2.45, 2.75) is 50.8 Å². The Kier molecular flexibility index (Phi) is 2.72. The van der Waals surface area contributed by atoms with E-state index in [2.05, 4.69) is 11.8 Å². The summed E-state index contributed by atoms with van der Waals surface area (Å²) in [6, 6.07) is 6.14. The summed E-state index contributed by atoms with van der Waals surface area (Å²) < 4.78 is 13.6. The molecule has 1 aliphatic heterocycles. The number of β-amino-alcohol motifs (C(OH)–C–C–N with tert-alkyl or cyclic N) is 1. The molecule has 1 heterocycles. The number of halogens is 1. The minimum atomic E-state index is -0.878. The Balaban J connectivity index is 1.88. The molecule has 2 nitrogen and oxygen atoms in total. The second-order valence-electron chi connectivity index (χ2n) is 5.95. The van der Waals surface area contributed by atoms with Gasteiger partial charge in [0.05, 0.1) is 0 Å². The van der Waals surface area contributed by atoms with Crippen LogP contribution >= 0.6 is 0 Å². The predicted octanol–water partition coefficient (Wildman–Crippen LogP) is 2.58. The van der Waals surface area contributed by atoms with Crippen molar-refractivity contribution in [3.05, 3.63) is 35.1 Å². The summed E-state index contributed by atoms with van der Waals surface area (Å²) in [7, 11) is 0. The minimum absolute atomic E-state index is 0.224. The Morgan fingerprint density at radius 3 is 2.72 bits per heavy atom. The van der Waals surface area contributed by atoms with Crippen LogP contribution in [-0.2, 0) is 5.60 Å². The largest absolute Gasteiger partial charge is 0.384 e. The van der Waals surface area contributed by atoms with Crippen LogP contribution < -0.4 is 0 Å². The highest BCUT2D eigenvalue weighted by molar-refractivity contribution is 5.30. The molecule has 0 aromatic heterocycles. The second kappa shape index (κ2) is 4.04. The van der Waals surface area contributed by atoms with E-state index in [1.807, 2.05) is 6.07 Å². The first kappa shape index (κ1) is 12.1. The standard InChI is InChI=1S/C15H20FNO/c1-10-3-4-12(7-14(10)16)15(18)8-11(2)17(9-15)13-5-6-13/h3-4,7,11,13,18H,5-6,8-9H2,1-2H3. The lowest BCUT2D eigenvalue weighted by Gasteiger charge is -2.24. The van der Waals surface area contributed by atoms with Gasteiger partial charge >= 0.3 is 0 Å². The molecule has 2 aliphatic rings. The van der Waals surface area contributed by atoms with Crippen LogP contribution in [0.15, 0.2) is 18.2 Å². The van der Waals surface area contributed by atoms with Gasteiger partial charge in [-0.2, -0.15) is 0 Å². The van der Waals surface area contributed by atoms with Gasteiger partial charge in [-0.3, -0.25) is 4.90 Å². The normalized spacial score (nSPS) is 33.0. The first-order chi connectivity index (χ1) is 8.49. The van der Waals surface area contributed by atoms with Crippen molar-refractivity contribution in [2.75, 3.05) is 6.54 Å². The Morgan fingerprint density at radius 1 is 1.39 bits per heavy atom. The van der Waals surface area contributed by atoms with Gasteiger partial charge in [0, 0.05) is 18.6 Å². The zero-order chi connectivity index (χ0) is 12.9. The summed E-state index contributed by atoms with van der Waals surface area (Å²) in [5, 5.41) is 10.8. The maximum atomic E-state index is 13.6. The summed E-state index contributed by atoms with van der Waals surface area (Å²) in [6.45, 7) is 4.54. The fourth-order valence-electron chi connectivity index (χ4n) is 3.12. The Hall–Kier alpha value is -0.930. The predicted molar refractivity (Wildman–Crippen MR) is 68.8 cm³/mol. The lowest BCUT2D eigenvalue weighted by atomic mass is 9.91. The van der Waals surface area contributed by atoms with E-state index in [0.717, 1.165) is 5.56 Å². The number of rotatable bonds is 2. The van der Waals surface area contributed by atoms with Crippen molar-refractivity contribution in [1.82, 2.24) is 4.90 Å². The maximum absolute atomic E-state index is 13.6. The molecule has 0 spiro atoms. The van der Waals surface area contributed by atoms with E-state index in [1.165, 1.54) is 18.9 Å². The van der Waals surface area contributed by atoms with Gasteiger partial charge in [0.1, 0.15) is 11.4 Å². The molecule has 1 aliphatic carbocycles. The molecule has 1 N–H and O–H groups in total. The topological polar surface area (TPSA) is 23.5 Å². The van der Waals surface area contributed by atoms with Crippen molar-refractivity contribution >= 4 is 0 Å². The SMILES string of the molecule is Cc1ccc(C2(O)CC(C)N(C3CC3)C2)cc1F. The van der Waals surface area contributed by atoms with E-state index in [9.17, 15) is 9.50 Å². The van der Waals surface area contributed by atoms with E-state index in [0.29, 0.717) is 30.6 Å². The van der Waals surface area contributed by atoms with Crippen molar-refractivity contribution < 1.29 is 9.50 Å². The van der Waals surface area contributed by atoms with Crippen LogP contribution in [0.25, 0.3) is 0 Å². The smallest absolute Gasteiger partial charge is 0.126 e. The Bertz CT molecular complexity index is 472. The molecular formula is C15H20FNO. The third kappa shape index (κ3) is 1.95. The number of aryl methyl sites for hydroxylation is 1. The lowest BCUT2D eigenvalue weighted by Crippen LogP contribution is -2.33. The molecule has 2 fully saturated rings. The van der Waals surface area contributed by atoms with Gasteiger partial charge < -0.3 is 5.11 Å². The van der Waals surface area contributed by atoms with Crippen LogP contribution in [0.4, 0.5) is 4.39 Å². The summed E-state index contributed by atoms with van der Waals surface area (Å²) in [5.41, 5.74) is 0.476. The highest BCUT2D eigenvalue weighted by Gasteiger charge is 2.46. The fraction of sp³-hybridized carbons (Fsp3) is 0.600. The number of aliphatic hydroxyl groups is 1. The fourth-order valence-corrected chi connectivity index (χ4v) is 3.12. The molecule has 1 saturated heterocycles. The van der Waals surface area contributed by atoms with Gasteiger partial charge in [-0.25, -0.2) is 4.39 Å². The molecule has 2 atom stereocenters. The van der Waals surface area contributed by atoms with E-state index in [1.54, 1.807) is 13.0 Å². The van der Waals surface area contributed by atoms with E-state index >= 15 is 0 Å². The zero-order valence-corrected chi connectivity index (χ0v) is 11.0. The highest BCUT2D eigenvalue weighted by Crippen LogP contribution is 2.41. The maximum Gasteiger partial charge on any atom is 0.126 e. The quantitative estimate of drug-likeness (QED) is 0.871. The highest BCUT2D eigenvalue weighted by atomic mass is 19.1. The Labute approximate surface area is 107 Å². The van der Waals surface area contributed by atoms with Gasteiger partial charge in [-0.15, -0.1) is 0 Å². The molecule has 3 rings (SSSR count). The Morgan fingerprint density at radius 2 is 2.11 bits per heavy atom. The number of hydrogen-bond acceptors (Lipinski definition) is 2. The minimum Gasteiger partial charge on any atom is -0.384 e. The molecule has 0 radical (unpaired) electrons. The molecule has 1 aromatic rings. The number of benzene rings is 1. The zero-order valence-electron chi connectivity index (χ0n) is 11.0. The van der Waals surface area contributed by atoms with Crippen LogP contribution in [-0.4, -0.2) is 28.6 Å². The van der Waals surface area contributed by atoms with Crippen molar-refractivity contribution in [3.63, 3.8) is 0 Å². The summed E-state index contributed by atoms with van der Waals surface area (Å²) in [5.74, 6) is -0.224. The van der Waals surface area contributed by atoms with E-state index in [4.69, 9.17) is 0 Å². The van der Waals surface area contributed by atoms with Crippen molar-refractivity contribution in [2.24, 2.45) is 0 Å². The molecule has 1 saturated carbocycles. The van der Waals surface area contributed by atoms with Crippen LogP contribution in [0, 0.1) is 12.7 Å². The second-order valence-corrected chi connectivity index (χ2v) is 5.95. The lowest BCUT2D eigenvalue weighted by molar-refractivity contribution is 0.0448. The van der Waals surface area contributed by atoms with Crippen LogP contribution in [0.5, 0.6) is 0 Å². The third-order valence-corrected chi connectivity index (χ3v) is 4.37. The third-order valence-electron chi connectivity index (χ3n) is 4.37. The molecule has 98 valence electrons. The van der Waals surface area contributed by atoms with Gasteiger partial charge in [0.2, 0.25) is 0 Å². The van der Waals surface area contributed by atoms with Crippen LogP contribution in [0.3, 0.4) is 0 Å². The molecule has 3 heteroatoms. The summed E-state index contributed by atoms with van der Waals surface area (Å²) >= 11 is 0.